The molecule has 132 valence electrons. The van der Waals surface area contributed by atoms with Crippen LogP contribution >= 0.6 is 11.6 Å². The molecule has 1 N–H and O–H groups in total. The number of benzene rings is 2. The van der Waals surface area contributed by atoms with Crippen LogP contribution in [0, 0.1) is 10.1 Å². The smallest absolute Gasteiger partial charge is 0.295 e. The average molecular weight is 373 g/mol. The number of rotatable bonds is 3. The zero-order valence-electron chi connectivity index (χ0n) is 13.5. The maximum absolute atomic E-state index is 12.4. The number of nitro groups is 1. The van der Waals surface area contributed by atoms with Crippen molar-refractivity contribution in [2.45, 2.75) is 6.04 Å². The molecule has 2 aromatic rings. The zero-order chi connectivity index (χ0) is 19.0. The van der Waals surface area contributed by atoms with Crippen molar-refractivity contribution in [3.05, 3.63) is 80.4 Å². The van der Waals surface area contributed by atoms with Gasteiger partial charge in [-0.3, -0.25) is 19.7 Å². The van der Waals surface area contributed by atoms with E-state index in [-0.39, 0.29) is 17.0 Å². The summed E-state index contributed by atoms with van der Waals surface area (Å²) < 4.78 is 0. The molecule has 0 bridgehead atoms. The molecule has 1 fully saturated rings. The van der Waals surface area contributed by atoms with Crippen LogP contribution in [0.1, 0.15) is 17.2 Å². The van der Waals surface area contributed by atoms with Crippen LogP contribution in [0.15, 0.2) is 54.1 Å². The first-order valence-corrected chi connectivity index (χ1v) is 7.94. The van der Waals surface area contributed by atoms with Crippen LogP contribution < -0.4 is 0 Å². The first-order valence-electron chi connectivity index (χ1n) is 7.56. The Hall–Kier alpha value is -3.19. The number of nitro benzene ring substituents is 1. The van der Waals surface area contributed by atoms with Crippen molar-refractivity contribution in [1.29, 1.82) is 0 Å². The van der Waals surface area contributed by atoms with E-state index in [1.165, 1.54) is 48.3 Å². The van der Waals surface area contributed by atoms with Crippen LogP contribution in [0.4, 0.5) is 5.69 Å². The lowest BCUT2D eigenvalue weighted by molar-refractivity contribution is -0.384. The first kappa shape index (κ1) is 17.6. The van der Waals surface area contributed by atoms with E-state index >= 15 is 0 Å². The Kier molecular flexibility index (Phi) is 4.48. The Morgan fingerprint density at radius 3 is 2.23 bits per heavy atom. The molecule has 2 aromatic carbocycles. The number of nitrogens with zero attached hydrogens (tertiary/aromatic N) is 2. The molecule has 7 nitrogen and oxygen atoms in total. The van der Waals surface area contributed by atoms with Crippen molar-refractivity contribution in [2.24, 2.45) is 0 Å². The SMILES string of the molecule is CN1C(=O)C(=O)C(=C(O)c2ccc(Cl)cc2)C1c1ccc([N+](=O)[O-])cc1. The highest BCUT2D eigenvalue weighted by molar-refractivity contribution is 6.46. The van der Waals surface area contributed by atoms with E-state index in [4.69, 9.17) is 11.6 Å². The Morgan fingerprint density at radius 1 is 1.12 bits per heavy atom. The summed E-state index contributed by atoms with van der Waals surface area (Å²) in [5, 5.41) is 21.9. The average Bonchev–Trinajstić information content (AvgIpc) is 2.86. The van der Waals surface area contributed by atoms with E-state index < -0.39 is 22.7 Å². The molecule has 8 heteroatoms. The lowest BCUT2D eigenvalue weighted by Gasteiger charge is -2.20. The zero-order valence-corrected chi connectivity index (χ0v) is 14.3. The molecule has 1 saturated heterocycles. The molecule has 3 rings (SSSR count). The van der Waals surface area contributed by atoms with Crippen molar-refractivity contribution in [3.8, 4) is 0 Å². The number of carbonyl (C=O) groups excluding carboxylic acids is 2. The standard InChI is InChI=1S/C18H13ClN2O5/c1-20-15(10-4-8-13(9-5-10)21(25)26)14(17(23)18(20)24)16(22)11-2-6-12(19)7-3-11/h2-9,15,22H,1H3. The Balaban J connectivity index is 2.13. The molecule has 1 aliphatic rings. The number of Topliss-reactive ketones (excluding diaryl/α,β-unsaturated/α-hetero) is 1. The van der Waals surface area contributed by atoms with Crippen molar-refractivity contribution in [2.75, 3.05) is 7.05 Å². The maximum atomic E-state index is 12.4. The number of halogens is 1. The second kappa shape index (κ2) is 6.61. The minimum Gasteiger partial charge on any atom is -0.507 e. The summed E-state index contributed by atoms with van der Waals surface area (Å²) in [5.74, 6) is -1.90. The van der Waals surface area contributed by atoms with E-state index in [0.717, 1.165) is 0 Å². The minimum atomic E-state index is -0.841. The number of non-ortho nitro benzene ring substituents is 1. The first-order chi connectivity index (χ1) is 12.3. The summed E-state index contributed by atoms with van der Waals surface area (Å²) in [5.41, 5.74) is 0.633. The molecule has 1 atom stereocenters. The number of ketones is 1. The summed E-state index contributed by atoms with van der Waals surface area (Å²) in [4.78, 5) is 36.1. The number of amides is 1. The third-order valence-electron chi connectivity index (χ3n) is 4.21. The molecule has 1 unspecified atom stereocenters. The number of hydrogen-bond acceptors (Lipinski definition) is 5. The number of likely N-dealkylation sites (N-methyl/N-ethyl adjacent to an activating group) is 1. The fourth-order valence-electron chi connectivity index (χ4n) is 2.88. The number of aliphatic hydroxyl groups excluding tert-OH is 1. The lowest BCUT2D eigenvalue weighted by Crippen LogP contribution is -2.24. The number of carbonyl (C=O) groups is 2. The van der Waals surface area contributed by atoms with Gasteiger partial charge in [0.25, 0.3) is 17.4 Å². The summed E-state index contributed by atoms with van der Waals surface area (Å²) in [7, 11) is 1.44. The van der Waals surface area contributed by atoms with E-state index in [9.17, 15) is 24.8 Å². The van der Waals surface area contributed by atoms with Crippen LogP contribution in [0.5, 0.6) is 0 Å². The van der Waals surface area contributed by atoms with Gasteiger partial charge in [0.2, 0.25) is 0 Å². The Morgan fingerprint density at radius 2 is 1.69 bits per heavy atom. The van der Waals surface area contributed by atoms with Gasteiger partial charge in [0, 0.05) is 29.8 Å². The second-order valence-electron chi connectivity index (χ2n) is 5.77. The van der Waals surface area contributed by atoms with Gasteiger partial charge in [0.15, 0.2) is 0 Å². The monoisotopic (exact) mass is 372 g/mol. The predicted octanol–water partition coefficient (Wildman–Crippen LogP) is 3.30. The summed E-state index contributed by atoms with van der Waals surface area (Å²) in [6, 6.07) is 10.8. The van der Waals surface area contributed by atoms with E-state index in [1.807, 2.05) is 0 Å². The number of aliphatic hydroxyl groups is 1. The van der Waals surface area contributed by atoms with Crippen molar-refractivity contribution in [1.82, 2.24) is 4.90 Å². The molecular formula is C18H13ClN2O5. The predicted molar refractivity (Wildman–Crippen MR) is 94.6 cm³/mol. The maximum Gasteiger partial charge on any atom is 0.295 e. The number of likely N-dealkylation sites (tertiary alicyclic amines) is 1. The highest BCUT2D eigenvalue weighted by Gasteiger charge is 2.44. The van der Waals surface area contributed by atoms with Gasteiger partial charge in [-0.05, 0) is 42.0 Å². The van der Waals surface area contributed by atoms with Gasteiger partial charge in [-0.25, -0.2) is 0 Å². The van der Waals surface area contributed by atoms with E-state index in [2.05, 4.69) is 0 Å². The third kappa shape index (κ3) is 2.93. The van der Waals surface area contributed by atoms with E-state index in [0.29, 0.717) is 16.1 Å². The highest BCUT2D eigenvalue weighted by Crippen LogP contribution is 2.38. The molecule has 0 aromatic heterocycles. The molecule has 0 spiro atoms. The van der Waals surface area contributed by atoms with Crippen molar-refractivity contribution >= 4 is 34.7 Å². The van der Waals surface area contributed by atoms with Gasteiger partial charge >= 0.3 is 0 Å². The van der Waals surface area contributed by atoms with Gasteiger partial charge < -0.3 is 10.0 Å². The van der Waals surface area contributed by atoms with Crippen LogP contribution in [0.2, 0.25) is 5.02 Å². The van der Waals surface area contributed by atoms with Crippen LogP contribution in [0.25, 0.3) is 5.76 Å². The quantitative estimate of drug-likeness (QED) is 0.293. The molecule has 26 heavy (non-hydrogen) atoms. The summed E-state index contributed by atoms with van der Waals surface area (Å²) in [6.45, 7) is 0. The highest BCUT2D eigenvalue weighted by atomic mass is 35.5. The minimum absolute atomic E-state index is 0.0753. The molecule has 0 aliphatic carbocycles. The summed E-state index contributed by atoms with van der Waals surface area (Å²) in [6.07, 6.45) is 0. The molecule has 1 heterocycles. The molecule has 1 aliphatic heterocycles. The fraction of sp³-hybridized carbons (Fsp3) is 0.111. The Bertz CT molecular complexity index is 935. The van der Waals surface area contributed by atoms with E-state index in [1.54, 1.807) is 12.1 Å². The second-order valence-corrected chi connectivity index (χ2v) is 6.20. The molecule has 0 saturated carbocycles. The summed E-state index contributed by atoms with van der Waals surface area (Å²) >= 11 is 5.83. The topological polar surface area (TPSA) is 101 Å². The largest absolute Gasteiger partial charge is 0.507 e. The van der Waals surface area contributed by atoms with Crippen LogP contribution in [0.3, 0.4) is 0 Å². The van der Waals surface area contributed by atoms with Crippen LogP contribution in [-0.4, -0.2) is 33.7 Å². The number of hydrogen-bond donors (Lipinski definition) is 1. The Labute approximate surface area is 153 Å². The normalized spacial score (nSPS) is 19.0. The molecule has 0 radical (unpaired) electrons. The fourth-order valence-corrected chi connectivity index (χ4v) is 3.01. The van der Waals surface area contributed by atoms with Gasteiger partial charge in [-0.1, -0.05) is 11.6 Å². The van der Waals surface area contributed by atoms with Crippen molar-refractivity contribution in [3.63, 3.8) is 0 Å². The van der Waals surface area contributed by atoms with Gasteiger partial charge in [-0.2, -0.15) is 0 Å². The van der Waals surface area contributed by atoms with Gasteiger partial charge in [0.1, 0.15) is 5.76 Å². The lowest BCUT2D eigenvalue weighted by atomic mass is 9.95. The van der Waals surface area contributed by atoms with Gasteiger partial charge in [-0.15, -0.1) is 0 Å². The molecular weight excluding hydrogens is 360 g/mol. The van der Waals surface area contributed by atoms with Crippen molar-refractivity contribution < 1.29 is 19.6 Å². The van der Waals surface area contributed by atoms with Gasteiger partial charge in [0.05, 0.1) is 16.5 Å². The van der Waals surface area contributed by atoms with Crippen LogP contribution in [-0.2, 0) is 9.59 Å². The molecule has 1 amide bonds. The third-order valence-corrected chi connectivity index (χ3v) is 4.46.